The van der Waals surface area contributed by atoms with Gasteiger partial charge in [0.2, 0.25) is 11.8 Å². The minimum absolute atomic E-state index is 0.213. The number of nitrogens with one attached hydrogen (secondary N) is 3. The van der Waals surface area contributed by atoms with E-state index in [0.717, 1.165) is 80.1 Å². The van der Waals surface area contributed by atoms with E-state index in [1.54, 1.807) is 23.9 Å². The van der Waals surface area contributed by atoms with Crippen LogP contribution in [-0.4, -0.2) is 86.5 Å². The Kier molecular flexibility index (Phi) is 10.5. The number of amides is 2. The number of pyridine rings is 2. The second kappa shape index (κ2) is 15.8. The lowest BCUT2D eigenvalue weighted by Gasteiger charge is -2.42. The number of benzene rings is 1. The molecule has 0 radical (unpaired) electrons. The fraction of sp³-hybridized carbons (Fsp3) is 0.476. The van der Waals surface area contributed by atoms with Gasteiger partial charge in [0.15, 0.2) is 0 Å². The number of aryl methyl sites for hydroxylation is 1. The molecule has 1 spiro atoms. The Hall–Kier alpha value is -6.06. The van der Waals surface area contributed by atoms with Crippen LogP contribution in [0.15, 0.2) is 48.9 Å². The van der Waals surface area contributed by atoms with Crippen LogP contribution in [0.25, 0.3) is 5.69 Å². The third-order valence-electron chi connectivity index (χ3n) is 12.2. The number of aromatic nitrogens is 5. The molecular formula is C42H48N12O3. The number of nitriles is 2. The van der Waals surface area contributed by atoms with Crippen LogP contribution >= 0.6 is 0 Å². The number of carbonyl (C=O) groups excluding carboxylic acids is 2. The molecule has 294 valence electrons. The maximum absolute atomic E-state index is 12.8. The van der Waals surface area contributed by atoms with Crippen molar-refractivity contribution >= 4 is 34.8 Å². The molecule has 3 N–H and O–H groups in total. The van der Waals surface area contributed by atoms with Gasteiger partial charge >= 0.3 is 0 Å². The number of ether oxygens (including phenoxy) is 1. The highest BCUT2D eigenvalue weighted by molar-refractivity contribution is 6.04. The van der Waals surface area contributed by atoms with Crippen molar-refractivity contribution < 1.29 is 14.3 Å². The Morgan fingerprint density at radius 3 is 2.68 bits per heavy atom. The van der Waals surface area contributed by atoms with Gasteiger partial charge in [-0.05, 0) is 89.5 Å². The molecule has 3 atom stereocenters. The van der Waals surface area contributed by atoms with Crippen LogP contribution in [0.2, 0.25) is 0 Å². The van der Waals surface area contributed by atoms with Crippen LogP contribution < -0.4 is 25.6 Å². The number of anilines is 4. The lowest BCUT2D eigenvalue weighted by atomic mass is 9.75. The standard InChI is InChI=1S/C42H48N12O3/c1-26-16-30(20-44)21-46-40(26)48-38-18-34(47-27(2)19-43)36(22-45-38)54-24-35(50-51-54)31-6-4-29(5-7-31)11-13-52-14-15-53(28(3)23-52)32-8-9-33-37(17-32)57-25-42(33)12-10-39(55)49-41(42)56/h8-9,16-18,21-22,24,27-29,31H,4-7,10-15,23,25H2,1-3H3,(H,49,55,56)(H2,45,46,47,48)/t27-,28-,29?,31?,42?/m1/s1. The Bertz CT molecular complexity index is 2250. The predicted octanol–water partition coefficient (Wildman–Crippen LogP) is 5.25. The van der Waals surface area contributed by atoms with Crippen LogP contribution in [0.3, 0.4) is 0 Å². The van der Waals surface area contributed by atoms with Crippen molar-refractivity contribution in [3.05, 3.63) is 71.3 Å². The Morgan fingerprint density at radius 1 is 1.09 bits per heavy atom. The van der Waals surface area contributed by atoms with Gasteiger partial charge < -0.3 is 20.3 Å². The maximum atomic E-state index is 12.8. The Labute approximate surface area is 332 Å². The molecule has 3 fully saturated rings. The molecule has 15 heteroatoms. The summed E-state index contributed by atoms with van der Waals surface area (Å²) in [4.78, 5) is 38.6. The fourth-order valence-electron chi connectivity index (χ4n) is 8.91. The Balaban J connectivity index is 0.836. The summed E-state index contributed by atoms with van der Waals surface area (Å²) in [6.07, 6.45) is 11.7. The molecule has 4 aromatic rings. The SMILES string of the molecule is Cc1cc(C#N)cnc1Nc1cc(N[C@H](C)C#N)c(-n2cc(C3CCC(CCN4CCN(c5ccc6c(c5)OCC65CCC(=O)NC5=O)[C@H](C)C4)CC3)nn2)cn1. The molecular weight excluding hydrogens is 721 g/mol. The number of fused-ring (bicyclic) bond motifs is 2. The number of hydrogen-bond acceptors (Lipinski definition) is 13. The van der Waals surface area contributed by atoms with Crippen molar-refractivity contribution in [2.24, 2.45) is 5.92 Å². The highest BCUT2D eigenvalue weighted by Crippen LogP contribution is 2.45. The number of piperidine rings is 1. The van der Waals surface area contributed by atoms with E-state index in [1.807, 2.05) is 25.3 Å². The van der Waals surface area contributed by atoms with Crippen LogP contribution in [0.1, 0.15) is 87.1 Å². The molecule has 2 saturated heterocycles. The zero-order valence-electron chi connectivity index (χ0n) is 32.7. The predicted molar refractivity (Wildman–Crippen MR) is 213 cm³/mol. The van der Waals surface area contributed by atoms with Gasteiger partial charge in [0.25, 0.3) is 0 Å². The summed E-state index contributed by atoms with van der Waals surface area (Å²) in [5.41, 5.74) is 4.90. The molecule has 1 unspecified atom stereocenters. The van der Waals surface area contributed by atoms with Crippen molar-refractivity contribution in [1.82, 2.24) is 35.2 Å². The molecule has 15 nitrogen and oxygen atoms in total. The van der Waals surface area contributed by atoms with Crippen LogP contribution in [0.5, 0.6) is 5.75 Å². The number of rotatable bonds is 10. The topological polar surface area (TPSA) is 190 Å². The van der Waals surface area contributed by atoms with Gasteiger partial charge in [0.05, 0.1) is 35.4 Å². The maximum Gasteiger partial charge on any atom is 0.240 e. The molecule has 2 amide bonds. The van der Waals surface area contributed by atoms with E-state index in [-0.39, 0.29) is 18.4 Å². The summed E-state index contributed by atoms with van der Waals surface area (Å²) in [5, 5.41) is 36.8. The van der Waals surface area contributed by atoms with E-state index in [4.69, 9.17) is 4.74 Å². The monoisotopic (exact) mass is 768 g/mol. The van der Waals surface area contributed by atoms with Gasteiger partial charge in [-0.25, -0.2) is 14.6 Å². The first-order valence-electron chi connectivity index (χ1n) is 20.0. The molecule has 1 aliphatic carbocycles. The van der Waals surface area contributed by atoms with Crippen molar-refractivity contribution in [2.75, 3.05) is 48.3 Å². The quantitative estimate of drug-likeness (QED) is 0.178. The summed E-state index contributed by atoms with van der Waals surface area (Å²) < 4.78 is 7.79. The molecule has 1 aromatic carbocycles. The third kappa shape index (κ3) is 7.72. The van der Waals surface area contributed by atoms with Gasteiger partial charge in [0.1, 0.15) is 47.2 Å². The molecule has 57 heavy (non-hydrogen) atoms. The first-order valence-corrected chi connectivity index (χ1v) is 20.0. The first kappa shape index (κ1) is 37.8. The molecule has 6 heterocycles. The number of nitrogens with zero attached hydrogens (tertiary/aromatic N) is 9. The second-order valence-electron chi connectivity index (χ2n) is 16.1. The summed E-state index contributed by atoms with van der Waals surface area (Å²) in [6.45, 7) is 10.2. The van der Waals surface area contributed by atoms with Crippen LogP contribution in [-0.2, 0) is 15.0 Å². The van der Waals surface area contributed by atoms with E-state index in [2.05, 4.69) is 77.2 Å². The largest absolute Gasteiger partial charge is 0.492 e. The van der Waals surface area contributed by atoms with Crippen molar-refractivity contribution in [2.45, 2.75) is 89.1 Å². The van der Waals surface area contributed by atoms with Gasteiger partial charge in [-0.15, -0.1) is 5.10 Å². The van der Waals surface area contributed by atoms with E-state index in [9.17, 15) is 20.1 Å². The summed E-state index contributed by atoms with van der Waals surface area (Å²) in [5.74, 6) is 2.46. The van der Waals surface area contributed by atoms with Gasteiger partial charge in [-0.3, -0.25) is 19.8 Å². The van der Waals surface area contributed by atoms with Crippen LogP contribution in [0, 0.1) is 35.5 Å². The summed E-state index contributed by atoms with van der Waals surface area (Å²) >= 11 is 0. The third-order valence-corrected chi connectivity index (χ3v) is 12.2. The molecule has 0 bridgehead atoms. The van der Waals surface area contributed by atoms with Crippen molar-refractivity contribution in [3.8, 4) is 23.6 Å². The normalized spacial score (nSPS) is 23.9. The molecule has 3 aliphatic heterocycles. The summed E-state index contributed by atoms with van der Waals surface area (Å²) in [7, 11) is 0. The first-order chi connectivity index (χ1) is 27.6. The van der Waals surface area contributed by atoms with Crippen LogP contribution in [0.4, 0.5) is 23.0 Å². The second-order valence-corrected chi connectivity index (χ2v) is 16.1. The van der Waals surface area contributed by atoms with Gasteiger partial charge in [-0.1, -0.05) is 11.3 Å². The smallest absolute Gasteiger partial charge is 0.240 e. The fourth-order valence-corrected chi connectivity index (χ4v) is 8.91. The number of piperazine rings is 1. The average molecular weight is 769 g/mol. The van der Waals surface area contributed by atoms with Crippen molar-refractivity contribution in [1.29, 1.82) is 10.5 Å². The number of carbonyl (C=O) groups is 2. The average Bonchev–Trinajstić information content (AvgIpc) is 3.86. The lowest BCUT2D eigenvalue weighted by Crippen LogP contribution is -2.52. The molecule has 3 aromatic heterocycles. The zero-order valence-corrected chi connectivity index (χ0v) is 32.7. The molecule has 4 aliphatic rings. The minimum atomic E-state index is -0.764. The number of imide groups is 1. The summed E-state index contributed by atoms with van der Waals surface area (Å²) in [6, 6.07) is 14.0. The van der Waals surface area contributed by atoms with E-state index in [1.165, 1.54) is 12.6 Å². The highest BCUT2D eigenvalue weighted by atomic mass is 16.5. The molecule has 8 rings (SSSR count). The van der Waals surface area contributed by atoms with Crippen molar-refractivity contribution in [3.63, 3.8) is 0 Å². The Morgan fingerprint density at radius 2 is 1.93 bits per heavy atom. The van der Waals surface area contributed by atoms with E-state index >= 15 is 0 Å². The highest BCUT2D eigenvalue weighted by Gasteiger charge is 2.50. The lowest BCUT2D eigenvalue weighted by molar-refractivity contribution is -0.138. The van der Waals surface area contributed by atoms with E-state index < -0.39 is 11.5 Å². The minimum Gasteiger partial charge on any atom is -0.492 e. The number of hydrogen-bond donors (Lipinski definition) is 3. The van der Waals surface area contributed by atoms with Gasteiger partial charge in [-0.2, -0.15) is 10.5 Å². The zero-order chi connectivity index (χ0) is 39.7. The van der Waals surface area contributed by atoms with E-state index in [0.29, 0.717) is 59.3 Å². The molecule has 1 saturated carbocycles. The van der Waals surface area contributed by atoms with Gasteiger partial charge in [0, 0.05) is 67.6 Å².